The van der Waals surface area contributed by atoms with Gasteiger partial charge in [0, 0.05) is 18.2 Å². The molecule has 0 radical (unpaired) electrons. The predicted octanol–water partition coefficient (Wildman–Crippen LogP) is 3.68. The summed E-state index contributed by atoms with van der Waals surface area (Å²) >= 11 is 0. The number of hydrogen-bond acceptors (Lipinski definition) is 9. The van der Waals surface area contributed by atoms with Gasteiger partial charge in [0.2, 0.25) is 11.7 Å². The van der Waals surface area contributed by atoms with Crippen molar-refractivity contribution in [3.05, 3.63) is 58.9 Å². The highest BCUT2D eigenvalue weighted by Gasteiger charge is 2.29. The maximum Gasteiger partial charge on any atom is 0.258 e. The average molecular weight is 494 g/mol. The Labute approximate surface area is 208 Å². The van der Waals surface area contributed by atoms with E-state index in [0.717, 1.165) is 5.56 Å². The molecule has 36 heavy (non-hydrogen) atoms. The first kappa shape index (κ1) is 24.8. The van der Waals surface area contributed by atoms with E-state index >= 15 is 0 Å². The van der Waals surface area contributed by atoms with Gasteiger partial charge in [0.25, 0.3) is 5.91 Å². The normalized spacial score (nSPS) is 14.5. The number of nitrogens with zero attached hydrogens (tertiary/aromatic N) is 2. The molecule has 4 rings (SSSR count). The summed E-state index contributed by atoms with van der Waals surface area (Å²) in [5.41, 5.74) is 2.23. The molecule has 0 spiro atoms. The van der Waals surface area contributed by atoms with Gasteiger partial charge in [0.1, 0.15) is 0 Å². The molecule has 1 aliphatic rings. The number of Topliss-reactive ketones (excluding diaryl/α,β-unsaturated/α-hetero) is 1. The number of amides is 1. The first-order chi connectivity index (χ1) is 17.4. The molecule has 0 saturated heterocycles. The molecular weight excluding hydrogens is 466 g/mol. The van der Waals surface area contributed by atoms with Crippen LogP contribution in [-0.2, 0) is 6.42 Å². The molecule has 2 aromatic carbocycles. The van der Waals surface area contributed by atoms with Crippen molar-refractivity contribution in [3.8, 4) is 28.7 Å². The zero-order chi connectivity index (χ0) is 25.8. The zero-order valence-corrected chi connectivity index (χ0v) is 20.7. The van der Waals surface area contributed by atoms with E-state index < -0.39 is 5.91 Å². The molecule has 0 bridgehead atoms. The maximum absolute atomic E-state index is 13.0. The highest BCUT2D eigenvalue weighted by molar-refractivity contribution is 6.04. The number of aromatic nitrogens is 2. The molecule has 1 aromatic heterocycles. The number of ether oxygens (including phenoxy) is 5. The number of anilines is 1. The first-order valence-corrected chi connectivity index (χ1v) is 11.1. The number of carbonyl (C=O) groups excluding carboxylic acids is 2. The monoisotopic (exact) mass is 493 g/mol. The second-order valence-electron chi connectivity index (χ2n) is 8.06. The lowest BCUT2D eigenvalue weighted by Gasteiger charge is -2.24. The standard InChI is InChI=1S/C26H27N3O7/c1-32-20-7-6-14(10-21(20)33-2)15-8-18-17(19(30)9-15)13-27-26(28-18)29-25(31)16-11-22(34-3)24(36-5)23(12-16)35-4/h6-7,10-13,15H,8-9H2,1-5H3,(H,27,28,29,31)/t15-/m0/s1. The Bertz CT molecular complexity index is 1280. The van der Waals surface area contributed by atoms with Gasteiger partial charge in [-0.2, -0.15) is 0 Å². The van der Waals surface area contributed by atoms with Crippen molar-refractivity contribution in [3.63, 3.8) is 0 Å². The highest BCUT2D eigenvalue weighted by atomic mass is 16.5. The largest absolute Gasteiger partial charge is 0.493 e. The average Bonchev–Trinajstić information content (AvgIpc) is 2.91. The van der Waals surface area contributed by atoms with E-state index in [1.54, 1.807) is 14.2 Å². The molecule has 3 aromatic rings. The van der Waals surface area contributed by atoms with Gasteiger partial charge in [-0.1, -0.05) is 6.07 Å². The van der Waals surface area contributed by atoms with E-state index in [0.29, 0.717) is 52.8 Å². The number of nitrogens with one attached hydrogen (secondary N) is 1. The summed E-state index contributed by atoms with van der Waals surface area (Å²) in [6, 6.07) is 8.67. The minimum atomic E-state index is -0.465. The van der Waals surface area contributed by atoms with Crippen LogP contribution in [0.5, 0.6) is 28.7 Å². The summed E-state index contributed by atoms with van der Waals surface area (Å²) in [6.07, 6.45) is 2.29. The van der Waals surface area contributed by atoms with Crippen LogP contribution < -0.4 is 29.0 Å². The Kier molecular flexibility index (Phi) is 7.23. The molecule has 0 fully saturated rings. The Balaban J connectivity index is 1.59. The molecule has 1 N–H and O–H groups in total. The molecule has 0 unspecified atom stereocenters. The third-order valence-electron chi connectivity index (χ3n) is 6.07. The summed E-state index contributed by atoms with van der Waals surface area (Å²) in [4.78, 5) is 34.5. The van der Waals surface area contributed by atoms with Crippen molar-refractivity contribution in [2.24, 2.45) is 0 Å². The predicted molar refractivity (Wildman–Crippen MR) is 131 cm³/mol. The molecule has 0 aliphatic heterocycles. The van der Waals surface area contributed by atoms with Crippen molar-refractivity contribution in [2.45, 2.75) is 18.8 Å². The molecule has 0 saturated carbocycles. The van der Waals surface area contributed by atoms with Crippen LogP contribution in [0.15, 0.2) is 36.5 Å². The minimum absolute atomic E-state index is 0.0569. The molecule has 1 heterocycles. The molecule has 1 amide bonds. The van der Waals surface area contributed by atoms with E-state index in [9.17, 15) is 9.59 Å². The second kappa shape index (κ2) is 10.5. The van der Waals surface area contributed by atoms with Gasteiger partial charge >= 0.3 is 0 Å². The lowest BCUT2D eigenvalue weighted by Crippen LogP contribution is -2.22. The quantitative estimate of drug-likeness (QED) is 0.501. The lowest BCUT2D eigenvalue weighted by atomic mass is 9.82. The molecule has 1 atom stereocenters. The molecular formula is C26H27N3O7. The van der Waals surface area contributed by atoms with Crippen molar-refractivity contribution >= 4 is 17.6 Å². The Morgan fingerprint density at radius 1 is 0.861 bits per heavy atom. The fourth-order valence-corrected chi connectivity index (χ4v) is 4.23. The molecule has 188 valence electrons. The van der Waals surface area contributed by atoms with Gasteiger partial charge in [0.05, 0.1) is 46.8 Å². The topological polar surface area (TPSA) is 118 Å². The van der Waals surface area contributed by atoms with E-state index in [1.165, 1.54) is 39.7 Å². The number of fused-ring (bicyclic) bond motifs is 1. The summed E-state index contributed by atoms with van der Waals surface area (Å²) in [6.45, 7) is 0. The number of carbonyl (C=O) groups is 2. The molecule has 10 heteroatoms. The SMILES string of the molecule is COc1ccc([C@@H]2CC(=O)c3cnc(NC(=O)c4cc(OC)c(OC)c(OC)c4)nc3C2)cc1OC. The number of hydrogen-bond donors (Lipinski definition) is 1. The second-order valence-corrected chi connectivity index (χ2v) is 8.06. The van der Waals surface area contributed by atoms with Crippen molar-refractivity contribution < 1.29 is 33.3 Å². The number of methoxy groups -OCH3 is 5. The molecule has 10 nitrogen and oxygen atoms in total. The first-order valence-electron chi connectivity index (χ1n) is 11.1. The van der Waals surface area contributed by atoms with Crippen LogP contribution in [0, 0.1) is 0 Å². The summed E-state index contributed by atoms with van der Waals surface area (Å²) < 4.78 is 26.7. The smallest absolute Gasteiger partial charge is 0.258 e. The van der Waals surface area contributed by atoms with E-state index in [-0.39, 0.29) is 23.2 Å². The van der Waals surface area contributed by atoms with Crippen molar-refractivity contribution in [2.75, 3.05) is 40.9 Å². The lowest BCUT2D eigenvalue weighted by molar-refractivity contribution is 0.0962. The van der Waals surface area contributed by atoms with Crippen LogP contribution in [0.4, 0.5) is 5.95 Å². The summed E-state index contributed by atoms with van der Waals surface area (Å²) in [5, 5.41) is 2.69. The van der Waals surface area contributed by atoms with Gasteiger partial charge in [-0.15, -0.1) is 0 Å². The van der Waals surface area contributed by atoms with E-state index in [4.69, 9.17) is 23.7 Å². The number of benzene rings is 2. The molecule has 1 aliphatic carbocycles. The third kappa shape index (κ3) is 4.74. The van der Waals surface area contributed by atoms with Crippen LogP contribution in [-0.4, -0.2) is 57.2 Å². The Hall–Kier alpha value is -4.34. The number of ketones is 1. The Morgan fingerprint density at radius 2 is 1.53 bits per heavy atom. The van der Waals surface area contributed by atoms with Gasteiger partial charge in [-0.25, -0.2) is 9.97 Å². The highest BCUT2D eigenvalue weighted by Crippen LogP contribution is 2.39. The van der Waals surface area contributed by atoms with Gasteiger partial charge in [-0.3, -0.25) is 14.9 Å². The van der Waals surface area contributed by atoms with Crippen LogP contribution in [0.3, 0.4) is 0 Å². The van der Waals surface area contributed by atoms with Crippen LogP contribution in [0.1, 0.15) is 44.3 Å². The Morgan fingerprint density at radius 3 is 2.14 bits per heavy atom. The fourth-order valence-electron chi connectivity index (χ4n) is 4.23. The van der Waals surface area contributed by atoms with Gasteiger partial charge in [-0.05, 0) is 42.2 Å². The van der Waals surface area contributed by atoms with Crippen LogP contribution >= 0.6 is 0 Å². The minimum Gasteiger partial charge on any atom is -0.493 e. The third-order valence-corrected chi connectivity index (χ3v) is 6.07. The van der Waals surface area contributed by atoms with Crippen molar-refractivity contribution in [1.29, 1.82) is 0 Å². The van der Waals surface area contributed by atoms with Gasteiger partial charge < -0.3 is 23.7 Å². The number of rotatable bonds is 8. The van der Waals surface area contributed by atoms with Gasteiger partial charge in [0.15, 0.2) is 28.8 Å². The summed E-state index contributed by atoms with van der Waals surface area (Å²) in [5.74, 6) is 1.74. The van der Waals surface area contributed by atoms with Crippen molar-refractivity contribution in [1.82, 2.24) is 9.97 Å². The van der Waals surface area contributed by atoms with Crippen LogP contribution in [0.25, 0.3) is 0 Å². The maximum atomic E-state index is 13.0. The zero-order valence-electron chi connectivity index (χ0n) is 20.7. The van der Waals surface area contributed by atoms with E-state index in [2.05, 4.69) is 15.3 Å². The van der Waals surface area contributed by atoms with E-state index in [1.807, 2.05) is 18.2 Å². The summed E-state index contributed by atoms with van der Waals surface area (Å²) in [7, 11) is 7.56. The van der Waals surface area contributed by atoms with Crippen LogP contribution in [0.2, 0.25) is 0 Å². The fraction of sp³-hybridized carbons (Fsp3) is 0.308.